The predicted octanol–water partition coefficient (Wildman–Crippen LogP) is 4.72. The van der Waals surface area contributed by atoms with Crippen LogP contribution in [0.1, 0.15) is 25.7 Å². The van der Waals surface area contributed by atoms with E-state index in [0.717, 1.165) is 36.6 Å². The third kappa shape index (κ3) is 3.83. The average Bonchev–Trinajstić information content (AvgIpc) is 3.11. The summed E-state index contributed by atoms with van der Waals surface area (Å²) >= 11 is 12.0. The summed E-state index contributed by atoms with van der Waals surface area (Å²) < 4.78 is 10.7. The van der Waals surface area contributed by atoms with Crippen LogP contribution in [0.5, 0.6) is 0 Å². The molecule has 3 heterocycles. The number of benzene rings is 1. The Morgan fingerprint density at radius 3 is 2.63 bits per heavy atom. The Kier molecular flexibility index (Phi) is 5.69. The number of hydrogen-bond acceptors (Lipinski definition) is 5. The fraction of sp³-hybridized carbons (Fsp3) is 0.409. The summed E-state index contributed by atoms with van der Waals surface area (Å²) in [6.07, 6.45) is 8.72. The van der Waals surface area contributed by atoms with Gasteiger partial charge in [0.15, 0.2) is 5.82 Å². The quantitative estimate of drug-likeness (QED) is 0.548. The summed E-state index contributed by atoms with van der Waals surface area (Å²) in [5.41, 5.74) is 1.92. The number of fused-ring (bicyclic) bond motifs is 1. The van der Waals surface area contributed by atoms with Gasteiger partial charge in [0.25, 0.3) is 0 Å². The Bertz CT molecular complexity index is 1060. The highest BCUT2D eigenvalue weighted by Crippen LogP contribution is 2.29. The molecule has 1 saturated carbocycles. The molecule has 2 aromatic heterocycles. The Morgan fingerprint density at radius 2 is 1.83 bits per heavy atom. The van der Waals surface area contributed by atoms with Crippen molar-refractivity contribution in [3.8, 4) is 17.1 Å². The van der Waals surface area contributed by atoms with E-state index in [1.165, 1.54) is 19.3 Å². The van der Waals surface area contributed by atoms with Gasteiger partial charge < -0.3 is 4.74 Å². The van der Waals surface area contributed by atoms with Crippen molar-refractivity contribution in [2.24, 2.45) is 0 Å². The molecule has 1 aromatic carbocycles. The molecule has 2 unspecified atom stereocenters. The smallest absolute Gasteiger partial charge is 0.204 e. The molecule has 156 valence electrons. The van der Waals surface area contributed by atoms with Gasteiger partial charge in [-0.15, -0.1) is 5.10 Å². The first kappa shape index (κ1) is 19.9. The van der Waals surface area contributed by atoms with Crippen LogP contribution >= 0.6 is 23.8 Å². The second kappa shape index (κ2) is 8.59. The minimum atomic E-state index is 0.333. The van der Waals surface area contributed by atoms with Gasteiger partial charge in [0.2, 0.25) is 4.77 Å². The van der Waals surface area contributed by atoms with E-state index in [4.69, 9.17) is 33.7 Å². The van der Waals surface area contributed by atoms with Gasteiger partial charge in [0.1, 0.15) is 0 Å². The maximum absolute atomic E-state index is 6.11. The fourth-order valence-electron chi connectivity index (χ4n) is 4.53. The lowest BCUT2D eigenvalue weighted by atomic mass is 9.90. The van der Waals surface area contributed by atoms with Gasteiger partial charge in [-0.2, -0.15) is 0 Å². The molecule has 1 saturated heterocycles. The van der Waals surface area contributed by atoms with Crippen LogP contribution < -0.4 is 0 Å². The molecule has 8 heteroatoms. The lowest BCUT2D eigenvalue weighted by Crippen LogP contribution is -2.52. The molecular weight excluding hydrogens is 418 g/mol. The Morgan fingerprint density at radius 1 is 1.07 bits per heavy atom. The Labute approximate surface area is 186 Å². The predicted molar refractivity (Wildman–Crippen MR) is 119 cm³/mol. The molecule has 0 bridgehead atoms. The van der Waals surface area contributed by atoms with Crippen LogP contribution in [0, 0.1) is 4.77 Å². The van der Waals surface area contributed by atoms with Crippen LogP contribution in [0.25, 0.3) is 17.1 Å². The van der Waals surface area contributed by atoms with Crippen LogP contribution in [-0.2, 0) is 11.4 Å². The highest BCUT2D eigenvalue weighted by molar-refractivity contribution is 7.71. The fourth-order valence-corrected chi connectivity index (χ4v) is 4.95. The molecule has 2 fully saturated rings. The molecule has 30 heavy (non-hydrogen) atoms. The summed E-state index contributed by atoms with van der Waals surface area (Å²) in [4.78, 5) is 6.63. The van der Waals surface area contributed by atoms with Crippen molar-refractivity contribution in [2.45, 2.75) is 44.5 Å². The number of pyridine rings is 1. The zero-order valence-electron chi connectivity index (χ0n) is 16.7. The molecule has 0 N–H and O–H groups in total. The topological polar surface area (TPSA) is 48.1 Å². The maximum Gasteiger partial charge on any atom is 0.204 e. The van der Waals surface area contributed by atoms with E-state index >= 15 is 0 Å². The maximum atomic E-state index is 6.11. The molecule has 6 nitrogen and oxygen atoms in total. The lowest BCUT2D eigenvalue weighted by Gasteiger charge is -2.43. The molecule has 2 atom stereocenters. The minimum absolute atomic E-state index is 0.333. The van der Waals surface area contributed by atoms with E-state index in [-0.39, 0.29) is 0 Å². The van der Waals surface area contributed by atoms with E-state index in [0.29, 0.717) is 28.6 Å². The third-order valence-corrected chi connectivity index (χ3v) is 6.67. The molecule has 0 radical (unpaired) electrons. The number of halogens is 1. The molecule has 1 aliphatic heterocycles. The van der Waals surface area contributed by atoms with Crippen molar-refractivity contribution in [1.29, 1.82) is 0 Å². The van der Waals surface area contributed by atoms with E-state index in [2.05, 4.69) is 9.88 Å². The summed E-state index contributed by atoms with van der Waals surface area (Å²) in [6, 6.07) is 12.1. The Balaban J connectivity index is 1.54. The summed E-state index contributed by atoms with van der Waals surface area (Å²) in [7, 11) is 0. The van der Waals surface area contributed by atoms with Gasteiger partial charge in [-0.25, -0.2) is 4.68 Å². The van der Waals surface area contributed by atoms with Crippen molar-refractivity contribution >= 4 is 23.8 Å². The van der Waals surface area contributed by atoms with Gasteiger partial charge in [0, 0.05) is 35.6 Å². The van der Waals surface area contributed by atoms with Crippen LogP contribution in [0.2, 0.25) is 5.02 Å². The van der Waals surface area contributed by atoms with Crippen molar-refractivity contribution in [1.82, 2.24) is 24.2 Å². The van der Waals surface area contributed by atoms with Gasteiger partial charge in [-0.05, 0) is 61.5 Å². The summed E-state index contributed by atoms with van der Waals surface area (Å²) in [5, 5.41) is 5.64. The van der Waals surface area contributed by atoms with Crippen molar-refractivity contribution in [2.75, 3.05) is 13.2 Å². The normalized spacial score (nSPS) is 22.0. The SMILES string of the molecule is S=c1n(CN2CCOC3CCCCC32)nc(-c2ccncc2)n1-c1ccc(Cl)cc1. The second-order valence-electron chi connectivity index (χ2n) is 7.87. The van der Waals surface area contributed by atoms with Crippen molar-refractivity contribution < 1.29 is 4.74 Å². The number of aromatic nitrogens is 4. The molecular formula is C22H24ClN5OS. The van der Waals surface area contributed by atoms with Crippen LogP contribution in [0.3, 0.4) is 0 Å². The lowest BCUT2D eigenvalue weighted by molar-refractivity contribution is -0.0993. The molecule has 3 aromatic rings. The summed E-state index contributed by atoms with van der Waals surface area (Å²) in [5.74, 6) is 0.804. The number of rotatable bonds is 4. The number of nitrogens with zero attached hydrogens (tertiary/aromatic N) is 5. The zero-order chi connectivity index (χ0) is 20.5. The first-order valence-electron chi connectivity index (χ1n) is 10.4. The van der Waals surface area contributed by atoms with Crippen molar-refractivity contribution in [3.63, 3.8) is 0 Å². The number of hydrogen-bond donors (Lipinski definition) is 0. The largest absolute Gasteiger partial charge is 0.375 e. The first-order valence-corrected chi connectivity index (χ1v) is 11.2. The van der Waals surface area contributed by atoms with Crippen LogP contribution in [-0.4, -0.2) is 49.5 Å². The first-order chi connectivity index (χ1) is 14.7. The molecule has 1 aliphatic carbocycles. The number of morpholine rings is 1. The Hall–Kier alpha value is -2.06. The van der Waals surface area contributed by atoms with E-state index < -0.39 is 0 Å². The van der Waals surface area contributed by atoms with E-state index in [1.54, 1.807) is 12.4 Å². The molecule has 0 amide bonds. The zero-order valence-corrected chi connectivity index (χ0v) is 18.2. The highest BCUT2D eigenvalue weighted by atomic mass is 35.5. The summed E-state index contributed by atoms with van der Waals surface area (Å²) in [6.45, 7) is 2.34. The van der Waals surface area contributed by atoms with E-state index in [9.17, 15) is 0 Å². The standard InChI is InChI=1S/C22H24ClN5OS/c23-17-5-7-18(8-6-17)28-21(16-9-11-24-12-10-16)25-27(22(28)30)15-26-13-14-29-20-4-2-1-3-19(20)26/h5-12,19-20H,1-4,13-15H2. The monoisotopic (exact) mass is 441 g/mol. The van der Waals surface area contributed by atoms with Gasteiger partial charge in [-0.1, -0.05) is 24.4 Å². The molecule has 0 spiro atoms. The third-order valence-electron chi connectivity index (χ3n) is 6.03. The molecule has 5 rings (SSSR count). The molecule has 2 aliphatic rings. The van der Waals surface area contributed by atoms with Crippen LogP contribution in [0.15, 0.2) is 48.8 Å². The van der Waals surface area contributed by atoms with Gasteiger partial charge >= 0.3 is 0 Å². The number of ether oxygens (including phenoxy) is 1. The minimum Gasteiger partial charge on any atom is -0.375 e. The van der Waals surface area contributed by atoms with Gasteiger partial charge in [-0.3, -0.25) is 14.5 Å². The second-order valence-corrected chi connectivity index (χ2v) is 8.67. The van der Waals surface area contributed by atoms with Crippen molar-refractivity contribution in [3.05, 3.63) is 58.6 Å². The average molecular weight is 442 g/mol. The highest BCUT2D eigenvalue weighted by Gasteiger charge is 2.34. The van der Waals surface area contributed by atoms with E-state index in [1.807, 2.05) is 45.6 Å². The van der Waals surface area contributed by atoms with Crippen LogP contribution in [0.4, 0.5) is 0 Å². The van der Waals surface area contributed by atoms with Gasteiger partial charge in [0.05, 0.1) is 25.1 Å².